The van der Waals surface area contributed by atoms with Crippen molar-refractivity contribution in [3.8, 4) is 0 Å². The van der Waals surface area contributed by atoms with E-state index in [1.807, 2.05) is 13.1 Å². The van der Waals surface area contributed by atoms with E-state index in [1.165, 1.54) is 0 Å². The van der Waals surface area contributed by atoms with E-state index >= 15 is 0 Å². The summed E-state index contributed by atoms with van der Waals surface area (Å²) in [5.74, 6) is 0. The van der Waals surface area contributed by atoms with Gasteiger partial charge in [-0.1, -0.05) is 11.4 Å². The summed E-state index contributed by atoms with van der Waals surface area (Å²) in [6.07, 6.45) is 0. The van der Waals surface area contributed by atoms with E-state index in [0.29, 0.717) is 0 Å². The Bertz CT molecular complexity index is 190. The van der Waals surface area contributed by atoms with Gasteiger partial charge < -0.3 is 12.3 Å². The van der Waals surface area contributed by atoms with Crippen LogP contribution in [0, 0.1) is 0 Å². The summed E-state index contributed by atoms with van der Waals surface area (Å²) in [7, 11) is -5.02. The van der Waals surface area contributed by atoms with E-state index in [-0.39, 0.29) is 0 Å². The molecule has 12 heavy (non-hydrogen) atoms. The van der Waals surface area contributed by atoms with Gasteiger partial charge in [0.15, 0.2) is 0 Å². The highest BCUT2D eigenvalue weighted by Gasteiger charge is 2.43. The third kappa shape index (κ3) is 2.03. The van der Waals surface area contributed by atoms with Crippen LogP contribution in [0.1, 0.15) is 0 Å². The molecule has 0 aromatic carbocycles. The van der Waals surface area contributed by atoms with Crippen LogP contribution < -0.4 is 0 Å². The molecule has 0 amide bonds. The maximum Gasteiger partial charge on any atom is 0.343 e. The highest BCUT2D eigenvalue weighted by Crippen LogP contribution is 2.22. The molecule has 0 saturated carbocycles. The number of rotatable bonds is 2. The van der Waals surface area contributed by atoms with Gasteiger partial charge >= 0.3 is 17.1 Å². The fourth-order valence-corrected chi connectivity index (χ4v) is 9.92. The van der Waals surface area contributed by atoms with Crippen molar-refractivity contribution in [2.45, 2.75) is 13.1 Å². The molecule has 2 atom stereocenters. The minimum atomic E-state index is -2.08. The molecule has 1 heterocycles. The van der Waals surface area contributed by atoms with Gasteiger partial charge in [-0.2, -0.15) is 0 Å². The van der Waals surface area contributed by atoms with E-state index in [2.05, 4.69) is 13.2 Å². The fraction of sp³-hybridized carbons (Fsp3) is 0.333. The minimum absolute atomic E-state index is 0.866. The van der Waals surface area contributed by atoms with Gasteiger partial charge in [-0.05, 0) is 13.1 Å². The van der Waals surface area contributed by atoms with Gasteiger partial charge in [0.25, 0.3) is 10.0 Å². The van der Waals surface area contributed by atoms with Crippen LogP contribution in [0.2, 0.25) is 13.1 Å². The average Bonchev–Trinajstić information content (AvgIpc) is 2.05. The Kier molecular flexibility index (Phi) is 2.86. The maximum absolute atomic E-state index is 5.79. The lowest BCUT2D eigenvalue weighted by molar-refractivity contribution is 0.280. The fourth-order valence-electron chi connectivity index (χ4n) is 0.926. The van der Waals surface area contributed by atoms with E-state index in [4.69, 9.17) is 12.3 Å². The monoisotopic (exact) mass is 218 g/mol. The molecule has 0 aromatic rings. The summed E-state index contributed by atoms with van der Waals surface area (Å²) >= 11 is 0. The molecule has 1 saturated heterocycles. The highest BCUT2D eigenvalue weighted by molar-refractivity contribution is 6.90. The first-order valence-corrected chi connectivity index (χ1v) is 9.73. The van der Waals surface area contributed by atoms with Gasteiger partial charge in [0, 0.05) is 0 Å². The van der Waals surface area contributed by atoms with Crippen LogP contribution in [-0.4, -0.2) is 27.1 Å². The van der Waals surface area contributed by atoms with E-state index in [9.17, 15) is 0 Å². The van der Waals surface area contributed by atoms with Crippen molar-refractivity contribution in [1.82, 2.24) is 0 Å². The topological polar surface area (TPSA) is 27.7 Å². The summed E-state index contributed by atoms with van der Waals surface area (Å²) < 4.78 is 16.8. The highest BCUT2D eigenvalue weighted by atomic mass is 28.5. The van der Waals surface area contributed by atoms with E-state index in [1.54, 1.807) is 11.4 Å². The molecular weight excluding hydrogens is 204 g/mol. The van der Waals surface area contributed by atoms with Crippen LogP contribution in [0.5, 0.6) is 0 Å². The second-order valence-corrected chi connectivity index (χ2v) is 11.2. The first kappa shape index (κ1) is 10.1. The van der Waals surface area contributed by atoms with Gasteiger partial charge in [-0.15, -0.1) is 13.2 Å². The normalized spacial score (nSPS) is 44.2. The van der Waals surface area contributed by atoms with Gasteiger partial charge in [-0.25, -0.2) is 0 Å². The van der Waals surface area contributed by atoms with Crippen LogP contribution in [-0.2, 0) is 12.3 Å². The van der Waals surface area contributed by atoms with E-state index < -0.39 is 27.1 Å². The molecule has 0 bridgehead atoms. The summed E-state index contributed by atoms with van der Waals surface area (Å²) in [4.78, 5) is 0. The zero-order valence-electron chi connectivity index (χ0n) is 7.50. The molecule has 0 aliphatic carbocycles. The largest absolute Gasteiger partial charge is 0.417 e. The molecule has 0 radical (unpaired) electrons. The summed E-state index contributed by atoms with van der Waals surface area (Å²) in [5.41, 5.74) is 3.61. The lowest BCUT2D eigenvalue weighted by atomic mass is 11.3. The molecule has 1 aliphatic heterocycles. The summed E-state index contributed by atoms with van der Waals surface area (Å²) in [5, 5.41) is 0. The predicted octanol–water partition coefficient (Wildman–Crippen LogP) is 0.643. The third-order valence-electron chi connectivity index (χ3n) is 1.84. The minimum Gasteiger partial charge on any atom is -0.417 e. The van der Waals surface area contributed by atoms with Crippen LogP contribution in [0.3, 0.4) is 0 Å². The Morgan fingerprint density at radius 1 is 1.08 bits per heavy atom. The molecule has 1 fully saturated rings. The van der Waals surface area contributed by atoms with Gasteiger partial charge in [-0.3, -0.25) is 0 Å². The predicted molar refractivity (Wildman–Crippen MR) is 55.4 cm³/mol. The molecule has 0 N–H and O–H groups in total. The van der Waals surface area contributed by atoms with Crippen molar-refractivity contribution < 1.29 is 12.3 Å². The Morgan fingerprint density at radius 2 is 1.50 bits per heavy atom. The van der Waals surface area contributed by atoms with E-state index in [0.717, 1.165) is 0 Å². The molecule has 6 heteroatoms. The Labute approximate surface area is 77.6 Å². The van der Waals surface area contributed by atoms with Crippen molar-refractivity contribution in [2.75, 3.05) is 0 Å². The van der Waals surface area contributed by atoms with Gasteiger partial charge in [0.2, 0.25) is 0 Å². The van der Waals surface area contributed by atoms with Crippen molar-refractivity contribution in [1.29, 1.82) is 0 Å². The van der Waals surface area contributed by atoms with Crippen molar-refractivity contribution in [3.05, 3.63) is 24.6 Å². The van der Waals surface area contributed by atoms with Crippen LogP contribution >= 0.6 is 0 Å². The lowest BCUT2D eigenvalue weighted by Gasteiger charge is -2.38. The second kappa shape index (κ2) is 3.40. The summed E-state index contributed by atoms with van der Waals surface area (Å²) in [6, 6.07) is 0. The van der Waals surface area contributed by atoms with Crippen molar-refractivity contribution in [2.24, 2.45) is 0 Å². The zero-order chi connectivity index (χ0) is 9.24. The Morgan fingerprint density at radius 3 is 1.83 bits per heavy atom. The Balaban J connectivity index is 2.75. The third-order valence-corrected chi connectivity index (χ3v) is 12.1. The lowest BCUT2D eigenvalue weighted by Crippen LogP contribution is -2.57. The van der Waals surface area contributed by atoms with Crippen LogP contribution in [0.25, 0.3) is 0 Å². The summed E-state index contributed by atoms with van der Waals surface area (Å²) in [6.45, 7) is 11.4. The number of hydrogen-bond acceptors (Lipinski definition) is 3. The molecular formula is C6H14O3Si3. The number of hydrogen-bond donors (Lipinski definition) is 0. The first-order valence-electron chi connectivity index (χ1n) is 3.79. The molecule has 0 spiro atoms. The van der Waals surface area contributed by atoms with Crippen LogP contribution in [0.4, 0.5) is 0 Å². The molecule has 0 aromatic heterocycles. The standard InChI is InChI=1S/C6H14O3Si3/c1-5-11(3)7-10-8-12(4,6-2)9-11/h5-6H,1-2,10H2,3-4H3. The quantitative estimate of drug-likeness (QED) is 0.637. The zero-order valence-corrected chi connectivity index (χ0v) is 10.9. The smallest absolute Gasteiger partial charge is 0.343 e. The van der Waals surface area contributed by atoms with Crippen molar-refractivity contribution >= 4 is 27.1 Å². The Hall–Kier alpha value is 0.0106. The first-order chi connectivity index (χ1) is 5.54. The maximum atomic E-state index is 5.79. The second-order valence-electron chi connectivity index (χ2n) is 2.95. The molecule has 1 aliphatic rings. The SMILES string of the molecule is C=C[Si]1(C)O[SiH2]O[Si](C)(C=C)O1. The molecule has 3 nitrogen and oxygen atoms in total. The van der Waals surface area contributed by atoms with Crippen LogP contribution in [0.15, 0.2) is 24.6 Å². The van der Waals surface area contributed by atoms with Crippen molar-refractivity contribution in [3.63, 3.8) is 0 Å². The molecule has 68 valence electrons. The molecule has 2 unspecified atom stereocenters. The van der Waals surface area contributed by atoms with Gasteiger partial charge in [0.1, 0.15) is 0 Å². The van der Waals surface area contributed by atoms with Gasteiger partial charge in [0.05, 0.1) is 0 Å². The molecule has 1 rings (SSSR count). The average molecular weight is 218 g/mol.